The fourth-order valence-corrected chi connectivity index (χ4v) is 3.04. The van der Waals surface area contributed by atoms with Gasteiger partial charge in [0.15, 0.2) is 6.10 Å². The van der Waals surface area contributed by atoms with E-state index in [2.05, 4.69) is 5.16 Å². The normalized spacial score (nSPS) is 42.7. The molecule has 1 saturated heterocycles. The predicted molar refractivity (Wildman–Crippen MR) is 47.2 cm³/mol. The molecule has 0 aromatic carbocycles. The lowest BCUT2D eigenvalue weighted by molar-refractivity contribution is 0.0163. The first-order valence-electron chi connectivity index (χ1n) is 4.07. The van der Waals surface area contributed by atoms with Crippen LogP contribution < -0.4 is 0 Å². The Bertz CT molecular complexity index is 276. The van der Waals surface area contributed by atoms with Gasteiger partial charge in [-0.1, -0.05) is 5.16 Å². The zero-order valence-electron chi connectivity index (χ0n) is 6.53. The van der Waals surface area contributed by atoms with Gasteiger partial charge in [0.25, 0.3) is 0 Å². The number of thioether (sulfide) groups is 1. The van der Waals surface area contributed by atoms with Crippen molar-refractivity contribution in [1.29, 1.82) is 0 Å². The maximum absolute atomic E-state index is 5.61. The van der Waals surface area contributed by atoms with Crippen LogP contribution in [0, 0.1) is 0 Å². The van der Waals surface area contributed by atoms with Crippen LogP contribution in [0.15, 0.2) is 17.5 Å². The van der Waals surface area contributed by atoms with Crippen molar-refractivity contribution < 1.29 is 9.57 Å². The summed E-state index contributed by atoms with van der Waals surface area (Å²) in [5.74, 6) is 2.11. The standard InChI is InChI=1S/C8H9NO2S/c1-3-10-8-5-12-4-2-6(8)9-11-7(1)8/h1,3,7H,2,4-5H2/t7-,8-/m1/s1. The summed E-state index contributed by atoms with van der Waals surface area (Å²) >= 11 is 1.91. The van der Waals surface area contributed by atoms with Crippen molar-refractivity contribution in [3.63, 3.8) is 0 Å². The molecule has 0 aromatic heterocycles. The predicted octanol–water partition coefficient (Wildman–Crippen LogP) is 1.16. The van der Waals surface area contributed by atoms with Crippen molar-refractivity contribution in [2.45, 2.75) is 18.1 Å². The van der Waals surface area contributed by atoms with E-state index in [1.165, 1.54) is 0 Å². The van der Waals surface area contributed by atoms with E-state index in [4.69, 9.17) is 9.57 Å². The first-order chi connectivity index (χ1) is 5.92. The van der Waals surface area contributed by atoms with Gasteiger partial charge in [-0.25, -0.2) is 0 Å². The molecule has 0 N–H and O–H groups in total. The summed E-state index contributed by atoms with van der Waals surface area (Å²) in [5, 5.41) is 4.06. The molecular formula is C8H9NO2S. The molecule has 1 fully saturated rings. The van der Waals surface area contributed by atoms with E-state index < -0.39 is 0 Å². The number of rotatable bonds is 0. The van der Waals surface area contributed by atoms with Crippen molar-refractivity contribution in [1.82, 2.24) is 0 Å². The van der Waals surface area contributed by atoms with Crippen molar-refractivity contribution in [2.75, 3.05) is 11.5 Å². The lowest BCUT2D eigenvalue weighted by atomic mass is 9.93. The van der Waals surface area contributed by atoms with Crippen molar-refractivity contribution >= 4 is 17.5 Å². The Morgan fingerprint density at radius 3 is 3.67 bits per heavy atom. The van der Waals surface area contributed by atoms with Crippen LogP contribution >= 0.6 is 11.8 Å². The molecule has 2 atom stereocenters. The summed E-state index contributed by atoms with van der Waals surface area (Å²) in [4.78, 5) is 5.28. The van der Waals surface area contributed by atoms with Crippen LogP contribution in [-0.4, -0.2) is 28.9 Å². The molecule has 3 aliphatic heterocycles. The highest BCUT2D eigenvalue weighted by Gasteiger charge is 2.54. The molecule has 3 rings (SSSR count). The fraction of sp³-hybridized carbons (Fsp3) is 0.625. The lowest BCUT2D eigenvalue weighted by Crippen LogP contribution is -2.48. The van der Waals surface area contributed by atoms with E-state index >= 15 is 0 Å². The van der Waals surface area contributed by atoms with Crippen LogP contribution in [0.2, 0.25) is 0 Å². The quantitative estimate of drug-likeness (QED) is 0.564. The minimum absolute atomic E-state index is 0.0419. The molecule has 3 nitrogen and oxygen atoms in total. The van der Waals surface area contributed by atoms with Crippen molar-refractivity contribution in [3.8, 4) is 0 Å². The monoisotopic (exact) mass is 183 g/mol. The third-order valence-electron chi connectivity index (χ3n) is 2.56. The highest BCUT2D eigenvalue weighted by molar-refractivity contribution is 7.99. The summed E-state index contributed by atoms with van der Waals surface area (Å²) in [5.41, 5.74) is 0.874. The number of hydrogen-bond donors (Lipinski definition) is 0. The second-order valence-corrected chi connectivity index (χ2v) is 4.31. The molecule has 4 heteroatoms. The van der Waals surface area contributed by atoms with Crippen LogP contribution in [0.4, 0.5) is 0 Å². The van der Waals surface area contributed by atoms with Gasteiger partial charge in [0.1, 0.15) is 5.71 Å². The molecule has 3 heterocycles. The second kappa shape index (κ2) is 2.19. The molecule has 0 radical (unpaired) electrons. The number of ether oxygens (including phenoxy) is 1. The second-order valence-electron chi connectivity index (χ2n) is 3.20. The fourth-order valence-electron chi connectivity index (χ4n) is 1.85. The molecule has 0 bridgehead atoms. The molecule has 1 spiro atoms. The van der Waals surface area contributed by atoms with E-state index in [0.29, 0.717) is 0 Å². The molecule has 12 heavy (non-hydrogen) atoms. The molecule has 0 unspecified atom stereocenters. The highest BCUT2D eigenvalue weighted by Crippen LogP contribution is 2.40. The van der Waals surface area contributed by atoms with Crippen LogP contribution in [0.5, 0.6) is 0 Å². The topological polar surface area (TPSA) is 30.8 Å². The van der Waals surface area contributed by atoms with Crippen molar-refractivity contribution in [3.05, 3.63) is 12.3 Å². The summed E-state index contributed by atoms with van der Waals surface area (Å²) in [7, 11) is 0. The SMILES string of the molecule is C1=C[C@H]2ON=C3CCSC[C@@]32O1. The Kier molecular flexibility index (Phi) is 1.25. The number of hydrogen-bond acceptors (Lipinski definition) is 4. The van der Waals surface area contributed by atoms with Crippen LogP contribution in [0.25, 0.3) is 0 Å². The van der Waals surface area contributed by atoms with Crippen LogP contribution in [0.3, 0.4) is 0 Å². The van der Waals surface area contributed by atoms with Gasteiger partial charge in [0, 0.05) is 12.2 Å². The smallest absolute Gasteiger partial charge is 0.201 e. The van der Waals surface area contributed by atoms with E-state index in [1.54, 1.807) is 6.26 Å². The van der Waals surface area contributed by atoms with Crippen molar-refractivity contribution in [2.24, 2.45) is 5.16 Å². The summed E-state index contributed by atoms with van der Waals surface area (Å²) in [6.07, 6.45) is 4.73. The maximum Gasteiger partial charge on any atom is 0.201 e. The summed E-state index contributed by atoms with van der Waals surface area (Å²) in [6.45, 7) is 0. The molecule has 0 aromatic rings. The van der Waals surface area contributed by atoms with Gasteiger partial charge in [-0.15, -0.1) is 0 Å². The van der Waals surface area contributed by atoms with Gasteiger partial charge in [0.05, 0.1) is 6.26 Å². The van der Waals surface area contributed by atoms with Crippen LogP contribution in [-0.2, 0) is 9.57 Å². The molecule has 64 valence electrons. The molecule has 3 aliphatic rings. The Morgan fingerprint density at radius 1 is 1.67 bits per heavy atom. The Hall–Kier alpha value is -0.640. The van der Waals surface area contributed by atoms with Gasteiger partial charge >= 0.3 is 0 Å². The van der Waals surface area contributed by atoms with E-state index in [1.807, 2.05) is 17.8 Å². The number of nitrogens with zero attached hydrogens (tertiary/aromatic N) is 1. The zero-order chi connectivity index (χ0) is 8.02. The van der Waals surface area contributed by atoms with Gasteiger partial charge in [-0.2, -0.15) is 11.8 Å². The molecular weight excluding hydrogens is 174 g/mol. The lowest BCUT2D eigenvalue weighted by Gasteiger charge is -2.30. The number of oxime groups is 1. The van der Waals surface area contributed by atoms with E-state index in [0.717, 1.165) is 23.6 Å². The molecule has 0 saturated carbocycles. The first kappa shape index (κ1) is 6.83. The Labute approximate surface area is 74.8 Å². The largest absolute Gasteiger partial charge is 0.484 e. The Balaban J connectivity index is 2.00. The molecule has 0 aliphatic carbocycles. The molecule has 0 amide bonds. The average molecular weight is 183 g/mol. The highest BCUT2D eigenvalue weighted by atomic mass is 32.2. The Morgan fingerprint density at radius 2 is 2.67 bits per heavy atom. The minimum Gasteiger partial charge on any atom is -0.484 e. The maximum atomic E-state index is 5.61. The third-order valence-corrected chi connectivity index (χ3v) is 3.68. The van der Waals surface area contributed by atoms with Gasteiger partial charge in [-0.3, -0.25) is 0 Å². The first-order valence-corrected chi connectivity index (χ1v) is 5.23. The average Bonchev–Trinajstić information content (AvgIpc) is 2.59. The van der Waals surface area contributed by atoms with E-state index in [-0.39, 0.29) is 11.7 Å². The van der Waals surface area contributed by atoms with E-state index in [9.17, 15) is 0 Å². The zero-order valence-corrected chi connectivity index (χ0v) is 7.34. The summed E-state index contributed by atoms with van der Waals surface area (Å²) < 4.78 is 5.61. The summed E-state index contributed by atoms with van der Waals surface area (Å²) in [6, 6.07) is 0. The van der Waals surface area contributed by atoms with Crippen LogP contribution in [0.1, 0.15) is 6.42 Å². The third kappa shape index (κ3) is 0.665. The minimum atomic E-state index is -0.219. The van der Waals surface area contributed by atoms with Gasteiger partial charge in [-0.05, 0) is 11.8 Å². The van der Waals surface area contributed by atoms with Gasteiger partial charge in [0.2, 0.25) is 5.60 Å². The van der Waals surface area contributed by atoms with Gasteiger partial charge < -0.3 is 9.57 Å².